The first-order chi connectivity index (χ1) is 12.1. The van der Waals surface area contributed by atoms with E-state index in [4.69, 9.17) is 4.74 Å². The third-order valence-corrected chi connectivity index (χ3v) is 4.81. The average Bonchev–Trinajstić information content (AvgIpc) is 3.15. The number of carbonyl (C=O) groups is 3. The lowest BCUT2D eigenvalue weighted by molar-refractivity contribution is -0.153. The Morgan fingerprint density at radius 2 is 2.12 bits per heavy atom. The SMILES string of the molecule is C[C@@H](OC(=O)CNC(=O)c1cccs1)C(=O)NCCC1=CCCCC1. The van der Waals surface area contributed by atoms with Crippen molar-refractivity contribution >= 4 is 29.1 Å². The lowest BCUT2D eigenvalue weighted by Crippen LogP contribution is -2.39. The van der Waals surface area contributed by atoms with Crippen LogP contribution in [0.25, 0.3) is 0 Å². The lowest BCUT2D eigenvalue weighted by atomic mass is 9.97. The first-order valence-corrected chi connectivity index (χ1v) is 9.41. The molecule has 0 spiro atoms. The minimum Gasteiger partial charge on any atom is -0.451 e. The van der Waals surface area contributed by atoms with Crippen LogP contribution in [-0.2, 0) is 14.3 Å². The molecule has 1 aliphatic carbocycles. The predicted molar refractivity (Wildman–Crippen MR) is 96.4 cm³/mol. The van der Waals surface area contributed by atoms with Crippen molar-refractivity contribution in [3.05, 3.63) is 34.0 Å². The van der Waals surface area contributed by atoms with Gasteiger partial charge in [-0.15, -0.1) is 11.3 Å². The molecule has 1 heterocycles. The van der Waals surface area contributed by atoms with Gasteiger partial charge in [-0.1, -0.05) is 17.7 Å². The van der Waals surface area contributed by atoms with E-state index in [1.807, 2.05) is 0 Å². The summed E-state index contributed by atoms with van der Waals surface area (Å²) in [6.45, 7) is 1.80. The molecule has 0 unspecified atom stereocenters. The molecule has 0 aromatic carbocycles. The Labute approximate surface area is 151 Å². The highest BCUT2D eigenvalue weighted by atomic mass is 32.1. The normalized spacial score (nSPS) is 15.0. The molecule has 1 aromatic heterocycles. The number of carbonyl (C=O) groups excluding carboxylic acids is 3. The maximum Gasteiger partial charge on any atom is 0.326 e. The second kappa shape index (κ2) is 9.98. The van der Waals surface area contributed by atoms with E-state index < -0.39 is 12.1 Å². The molecule has 25 heavy (non-hydrogen) atoms. The standard InChI is InChI=1S/C18H24N2O4S/c1-13(17(22)19-10-9-14-6-3-2-4-7-14)24-16(21)12-20-18(23)15-8-5-11-25-15/h5-6,8,11,13H,2-4,7,9-10,12H2,1H3,(H,19,22)(H,20,23)/t13-/m1/s1. The van der Waals surface area contributed by atoms with Crippen molar-refractivity contribution in [2.45, 2.75) is 45.1 Å². The van der Waals surface area contributed by atoms with Crippen molar-refractivity contribution in [3.8, 4) is 0 Å². The van der Waals surface area contributed by atoms with Crippen molar-refractivity contribution < 1.29 is 19.1 Å². The van der Waals surface area contributed by atoms with Gasteiger partial charge in [0.1, 0.15) is 6.54 Å². The first-order valence-electron chi connectivity index (χ1n) is 8.53. The Hall–Kier alpha value is -2.15. The second-order valence-electron chi connectivity index (χ2n) is 5.94. The van der Waals surface area contributed by atoms with Gasteiger partial charge in [0.2, 0.25) is 0 Å². The zero-order valence-corrected chi connectivity index (χ0v) is 15.2. The van der Waals surface area contributed by atoms with E-state index in [0.717, 1.165) is 19.3 Å². The molecule has 0 aliphatic heterocycles. The van der Waals surface area contributed by atoms with Crippen molar-refractivity contribution in [1.29, 1.82) is 0 Å². The highest BCUT2D eigenvalue weighted by Crippen LogP contribution is 2.19. The maximum absolute atomic E-state index is 12.0. The molecular weight excluding hydrogens is 340 g/mol. The molecule has 7 heteroatoms. The van der Waals surface area contributed by atoms with Crippen LogP contribution in [0.2, 0.25) is 0 Å². The summed E-state index contributed by atoms with van der Waals surface area (Å²) in [4.78, 5) is 35.9. The molecule has 1 aliphatic rings. The lowest BCUT2D eigenvalue weighted by Gasteiger charge is -2.15. The van der Waals surface area contributed by atoms with Crippen LogP contribution >= 0.6 is 11.3 Å². The maximum atomic E-state index is 12.0. The Balaban J connectivity index is 1.63. The molecule has 0 saturated carbocycles. The van der Waals surface area contributed by atoms with Crippen molar-refractivity contribution in [2.75, 3.05) is 13.1 Å². The molecule has 1 aromatic rings. The van der Waals surface area contributed by atoms with Crippen molar-refractivity contribution in [2.24, 2.45) is 0 Å². The molecule has 1 atom stereocenters. The van der Waals surface area contributed by atoms with E-state index >= 15 is 0 Å². The van der Waals surface area contributed by atoms with Crippen LogP contribution < -0.4 is 10.6 Å². The van der Waals surface area contributed by atoms with Crippen LogP contribution in [0.4, 0.5) is 0 Å². The molecule has 0 radical (unpaired) electrons. The Morgan fingerprint density at radius 1 is 1.28 bits per heavy atom. The summed E-state index contributed by atoms with van der Waals surface area (Å²) in [5.41, 5.74) is 1.38. The van der Waals surface area contributed by atoms with E-state index in [1.54, 1.807) is 17.5 Å². The van der Waals surface area contributed by atoms with E-state index in [9.17, 15) is 14.4 Å². The fraction of sp³-hybridized carbons (Fsp3) is 0.500. The summed E-state index contributed by atoms with van der Waals surface area (Å²) >= 11 is 1.29. The summed E-state index contributed by atoms with van der Waals surface area (Å²) < 4.78 is 5.05. The van der Waals surface area contributed by atoms with Crippen LogP contribution in [0.15, 0.2) is 29.2 Å². The first kappa shape index (κ1) is 19.2. The van der Waals surface area contributed by atoms with Crippen molar-refractivity contribution in [3.63, 3.8) is 0 Å². The molecule has 2 N–H and O–H groups in total. The zero-order chi connectivity index (χ0) is 18.1. The van der Waals surface area contributed by atoms with Gasteiger partial charge in [-0.25, -0.2) is 0 Å². The fourth-order valence-corrected chi connectivity index (χ4v) is 3.20. The van der Waals surface area contributed by atoms with E-state index in [-0.39, 0.29) is 18.4 Å². The summed E-state index contributed by atoms with van der Waals surface area (Å²) in [7, 11) is 0. The molecule has 0 fully saturated rings. The molecular formula is C18H24N2O4S. The summed E-state index contributed by atoms with van der Waals surface area (Å²) in [6, 6.07) is 3.43. The number of rotatable bonds is 8. The van der Waals surface area contributed by atoms with Crippen LogP contribution in [0, 0.1) is 0 Å². The average molecular weight is 364 g/mol. The molecule has 2 amide bonds. The van der Waals surface area contributed by atoms with Gasteiger partial charge < -0.3 is 15.4 Å². The van der Waals surface area contributed by atoms with Crippen LogP contribution in [0.5, 0.6) is 0 Å². The highest BCUT2D eigenvalue weighted by Gasteiger charge is 2.18. The van der Waals surface area contributed by atoms with Gasteiger partial charge in [0, 0.05) is 6.54 Å². The smallest absolute Gasteiger partial charge is 0.326 e. The van der Waals surface area contributed by atoms with Gasteiger partial charge in [0.05, 0.1) is 4.88 Å². The predicted octanol–water partition coefficient (Wildman–Crippen LogP) is 2.42. The highest BCUT2D eigenvalue weighted by molar-refractivity contribution is 7.12. The van der Waals surface area contributed by atoms with E-state index in [2.05, 4.69) is 16.7 Å². The van der Waals surface area contributed by atoms with Gasteiger partial charge in [-0.3, -0.25) is 14.4 Å². The van der Waals surface area contributed by atoms with Gasteiger partial charge in [-0.2, -0.15) is 0 Å². The number of amides is 2. The number of thiophene rings is 1. The molecule has 0 bridgehead atoms. The Morgan fingerprint density at radius 3 is 2.80 bits per heavy atom. The van der Waals surface area contributed by atoms with E-state index in [0.29, 0.717) is 11.4 Å². The molecule has 0 saturated heterocycles. The second-order valence-corrected chi connectivity index (χ2v) is 6.89. The van der Waals surface area contributed by atoms with Crippen LogP contribution in [0.1, 0.15) is 48.7 Å². The minimum atomic E-state index is -0.883. The number of ether oxygens (including phenoxy) is 1. The fourth-order valence-electron chi connectivity index (χ4n) is 2.56. The molecule has 6 nitrogen and oxygen atoms in total. The zero-order valence-electron chi connectivity index (χ0n) is 14.4. The van der Waals surface area contributed by atoms with Gasteiger partial charge in [-0.05, 0) is 50.5 Å². The number of hydrogen-bond donors (Lipinski definition) is 2. The number of esters is 1. The molecule has 136 valence electrons. The third-order valence-electron chi connectivity index (χ3n) is 3.95. The van der Waals surface area contributed by atoms with Crippen LogP contribution in [-0.4, -0.2) is 37.0 Å². The van der Waals surface area contributed by atoms with Gasteiger partial charge in [0.15, 0.2) is 6.10 Å². The van der Waals surface area contributed by atoms with Crippen LogP contribution in [0.3, 0.4) is 0 Å². The summed E-state index contributed by atoms with van der Waals surface area (Å²) in [6.07, 6.45) is 6.88. The number of allylic oxidation sites excluding steroid dienone is 1. The number of nitrogens with one attached hydrogen (secondary N) is 2. The Bertz CT molecular complexity index is 625. The van der Waals surface area contributed by atoms with Gasteiger partial charge in [0.25, 0.3) is 11.8 Å². The minimum absolute atomic E-state index is 0.263. The summed E-state index contributed by atoms with van der Waals surface area (Å²) in [5.74, 6) is -1.29. The Kier molecular flexibility index (Phi) is 7.66. The number of hydrogen-bond acceptors (Lipinski definition) is 5. The van der Waals surface area contributed by atoms with Crippen molar-refractivity contribution in [1.82, 2.24) is 10.6 Å². The largest absolute Gasteiger partial charge is 0.451 e. The monoisotopic (exact) mass is 364 g/mol. The van der Waals surface area contributed by atoms with Gasteiger partial charge >= 0.3 is 5.97 Å². The van der Waals surface area contributed by atoms with E-state index in [1.165, 1.54) is 36.7 Å². The topological polar surface area (TPSA) is 84.5 Å². The quantitative estimate of drug-likeness (QED) is 0.548. The third kappa shape index (κ3) is 6.70. The molecule has 2 rings (SSSR count). The summed E-state index contributed by atoms with van der Waals surface area (Å²) in [5, 5.41) is 7.03.